The highest BCUT2D eigenvalue weighted by Gasteiger charge is 2.43. The maximum atomic E-state index is 13.0. The first-order valence-electron chi connectivity index (χ1n) is 13.5. The number of aromatic carboxylic acids is 1. The van der Waals surface area contributed by atoms with Crippen LogP contribution in [0.15, 0.2) is 91.3 Å². The van der Waals surface area contributed by atoms with Gasteiger partial charge in [-0.25, -0.2) is 4.79 Å². The fraction of sp³-hybridized carbons (Fsp3) is 0.242. The lowest BCUT2D eigenvalue weighted by molar-refractivity contribution is -0.122. The smallest absolute Gasteiger partial charge is 0.335 e. The molecule has 1 amide bonds. The minimum Gasteiger partial charge on any atom is -0.478 e. The monoisotopic (exact) mass is 517 g/mol. The van der Waals surface area contributed by atoms with Gasteiger partial charge in [-0.15, -0.1) is 0 Å². The Kier molecular flexibility index (Phi) is 6.95. The molecule has 2 heterocycles. The Morgan fingerprint density at radius 1 is 0.949 bits per heavy atom. The third-order valence-electron chi connectivity index (χ3n) is 7.97. The Bertz CT molecular complexity index is 1500. The van der Waals surface area contributed by atoms with E-state index < -0.39 is 5.97 Å². The van der Waals surface area contributed by atoms with Gasteiger partial charge in [0.2, 0.25) is 5.91 Å². The topological polar surface area (TPSA) is 82.5 Å². The van der Waals surface area contributed by atoms with Gasteiger partial charge in [-0.05, 0) is 82.0 Å². The number of hydrogen-bond donors (Lipinski definition) is 2. The maximum Gasteiger partial charge on any atom is 0.335 e. The second-order valence-corrected chi connectivity index (χ2v) is 10.5. The van der Waals surface area contributed by atoms with E-state index in [1.807, 2.05) is 48.8 Å². The number of carbonyl (C=O) groups excluding carboxylic acids is 1. The fourth-order valence-corrected chi connectivity index (χ4v) is 5.80. The summed E-state index contributed by atoms with van der Waals surface area (Å²) in [6.07, 6.45) is 5.39. The van der Waals surface area contributed by atoms with E-state index in [-0.39, 0.29) is 17.4 Å². The molecule has 1 aromatic heterocycles. The van der Waals surface area contributed by atoms with Gasteiger partial charge >= 0.3 is 5.97 Å². The average molecular weight is 518 g/mol. The minimum absolute atomic E-state index is 0.0319. The molecule has 1 fully saturated rings. The van der Waals surface area contributed by atoms with Gasteiger partial charge in [0.05, 0.1) is 5.56 Å². The van der Waals surface area contributed by atoms with Crippen molar-refractivity contribution in [2.45, 2.75) is 38.4 Å². The largest absolute Gasteiger partial charge is 0.478 e. The zero-order valence-corrected chi connectivity index (χ0v) is 21.7. The van der Waals surface area contributed by atoms with E-state index in [0.717, 1.165) is 49.2 Å². The molecule has 2 aliphatic rings. The first-order valence-corrected chi connectivity index (χ1v) is 13.5. The summed E-state index contributed by atoms with van der Waals surface area (Å²) in [7, 11) is 0. The van der Waals surface area contributed by atoms with Gasteiger partial charge in [-0.1, -0.05) is 54.6 Å². The number of pyridine rings is 1. The van der Waals surface area contributed by atoms with E-state index in [0.29, 0.717) is 12.5 Å². The molecular formula is C33H31N3O3. The molecule has 0 saturated heterocycles. The molecule has 3 aromatic carbocycles. The number of hydrogen-bond acceptors (Lipinski definition) is 4. The predicted molar refractivity (Wildman–Crippen MR) is 150 cm³/mol. The highest BCUT2D eigenvalue weighted by Crippen LogP contribution is 2.47. The van der Waals surface area contributed by atoms with Gasteiger partial charge in [0.1, 0.15) is 0 Å². The van der Waals surface area contributed by atoms with Crippen LogP contribution in [-0.2, 0) is 30.8 Å². The number of nitrogens with zero attached hydrogens (tertiary/aromatic N) is 2. The summed E-state index contributed by atoms with van der Waals surface area (Å²) in [5, 5.41) is 12.7. The molecular weight excluding hydrogens is 486 g/mol. The highest BCUT2D eigenvalue weighted by molar-refractivity contribution is 5.89. The third kappa shape index (κ3) is 5.47. The molecule has 0 unspecified atom stereocenters. The Balaban J connectivity index is 1.25. The molecule has 2 N–H and O–H groups in total. The molecule has 6 heteroatoms. The van der Waals surface area contributed by atoms with Crippen LogP contribution >= 0.6 is 0 Å². The van der Waals surface area contributed by atoms with Crippen LogP contribution in [0.2, 0.25) is 0 Å². The molecule has 6 rings (SSSR count). The van der Waals surface area contributed by atoms with Gasteiger partial charge in [-0.3, -0.25) is 14.7 Å². The van der Waals surface area contributed by atoms with Crippen molar-refractivity contribution >= 4 is 11.9 Å². The minimum atomic E-state index is -0.928. The highest BCUT2D eigenvalue weighted by atomic mass is 16.4. The number of carboxylic acids is 1. The van der Waals surface area contributed by atoms with Gasteiger partial charge < -0.3 is 10.4 Å². The van der Waals surface area contributed by atoms with Crippen LogP contribution in [-0.4, -0.2) is 33.4 Å². The summed E-state index contributed by atoms with van der Waals surface area (Å²) in [6.45, 7) is 2.98. The van der Waals surface area contributed by atoms with E-state index in [4.69, 9.17) is 0 Å². The number of carboxylic acid groups (broad SMARTS) is 1. The summed E-state index contributed by atoms with van der Waals surface area (Å²) in [4.78, 5) is 31.2. The van der Waals surface area contributed by atoms with Crippen molar-refractivity contribution in [2.24, 2.45) is 5.92 Å². The SMILES string of the molecule is O=C(O)c1cccc(-c2ccc(CNC(=O)[C@@H]3C[C@H]3c3ccccc3)c3c2CCN(Cc2ccncc2)C3)c1. The molecule has 2 atom stereocenters. The van der Waals surface area contributed by atoms with Crippen molar-refractivity contribution < 1.29 is 14.7 Å². The second-order valence-electron chi connectivity index (χ2n) is 10.5. The van der Waals surface area contributed by atoms with Crippen LogP contribution in [0.5, 0.6) is 0 Å². The van der Waals surface area contributed by atoms with E-state index in [2.05, 4.69) is 39.5 Å². The number of carbonyl (C=O) groups is 2. The third-order valence-corrected chi connectivity index (χ3v) is 7.97. The Hall–Kier alpha value is -4.29. The average Bonchev–Trinajstić information content (AvgIpc) is 3.78. The van der Waals surface area contributed by atoms with Crippen LogP contribution in [0.3, 0.4) is 0 Å². The van der Waals surface area contributed by atoms with Crippen LogP contribution in [0.25, 0.3) is 11.1 Å². The number of fused-ring (bicyclic) bond motifs is 1. The Morgan fingerprint density at radius 3 is 2.56 bits per heavy atom. The molecule has 4 aromatic rings. The van der Waals surface area contributed by atoms with Crippen molar-refractivity contribution in [3.63, 3.8) is 0 Å². The van der Waals surface area contributed by atoms with Crippen molar-refractivity contribution in [1.82, 2.24) is 15.2 Å². The quantitative estimate of drug-likeness (QED) is 0.326. The number of rotatable bonds is 8. The van der Waals surface area contributed by atoms with Gasteiger partial charge in [0, 0.05) is 44.5 Å². The first-order chi connectivity index (χ1) is 19.1. The molecule has 0 bridgehead atoms. The molecule has 6 nitrogen and oxygen atoms in total. The second kappa shape index (κ2) is 10.8. The molecule has 0 spiro atoms. The molecule has 196 valence electrons. The summed E-state index contributed by atoms with van der Waals surface area (Å²) in [6, 6.07) is 25.7. The number of nitrogens with one attached hydrogen (secondary N) is 1. The number of amides is 1. The van der Waals surface area contributed by atoms with E-state index in [9.17, 15) is 14.7 Å². The van der Waals surface area contributed by atoms with Crippen LogP contribution in [0.1, 0.15) is 50.5 Å². The normalized spacial score (nSPS) is 18.3. The van der Waals surface area contributed by atoms with Crippen LogP contribution in [0.4, 0.5) is 0 Å². The van der Waals surface area contributed by atoms with Gasteiger partial charge in [-0.2, -0.15) is 0 Å². The van der Waals surface area contributed by atoms with E-state index in [1.54, 1.807) is 18.2 Å². The van der Waals surface area contributed by atoms with Crippen molar-refractivity contribution in [1.29, 1.82) is 0 Å². The van der Waals surface area contributed by atoms with Crippen molar-refractivity contribution in [2.75, 3.05) is 6.54 Å². The number of aromatic nitrogens is 1. The zero-order chi connectivity index (χ0) is 26.8. The Labute approximate surface area is 228 Å². The first kappa shape index (κ1) is 25.0. The van der Waals surface area contributed by atoms with Gasteiger partial charge in [0.15, 0.2) is 0 Å². The summed E-state index contributed by atoms with van der Waals surface area (Å²) in [5.74, 6) is -0.480. The molecule has 39 heavy (non-hydrogen) atoms. The summed E-state index contributed by atoms with van der Waals surface area (Å²) < 4.78 is 0. The molecule has 1 aliphatic carbocycles. The predicted octanol–water partition coefficient (Wildman–Crippen LogP) is 5.43. The fourth-order valence-electron chi connectivity index (χ4n) is 5.80. The summed E-state index contributed by atoms with van der Waals surface area (Å²) >= 11 is 0. The summed E-state index contributed by atoms with van der Waals surface area (Å²) in [5.41, 5.74) is 8.29. The van der Waals surface area contributed by atoms with E-state index in [1.165, 1.54) is 22.3 Å². The van der Waals surface area contributed by atoms with Crippen LogP contribution < -0.4 is 5.32 Å². The molecule has 1 saturated carbocycles. The van der Waals surface area contributed by atoms with E-state index >= 15 is 0 Å². The molecule has 1 aliphatic heterocycles. The van der Waals surface area contributed by atoms with Crippen molar-refractivity contribution in [3.8, 4) is 11.1 Å². The van der Waals surface area contributed by atoms with Crippen molar-refractivity contribution in [3.05, 3.63) is 125 Å². The standard InChI is InChI=1S/C33H31N3O3/c37-32(30-18-29(30)23-5-2-1-3-6-23)35-19-26-9-10-27(24-7-4-8-25(17-24)33(38)39)28-13-16-36(21-31(26)28)20-22-11-14-34-15-12-22/h1-12,14-15,17,29-30H,13,16,18-21H2,(H,35,37)(H,38,39)/t29-,30+/m0/s1. The lowest BCUT2D eigenvalue weighted by Crippen LogP contribution is -2.32. The lowest BCUT2D eigenvalue weighted by Gasteiger charge is -2.32. The number of benzene rings is 3. The van der Waals surface area contributed by atoms with Gasteiger partial charge in [0.25, 0.3) is 0 Å². The zero-order valence-electron chi connectivity index (χ0n) is 21.7. The maximum absolute atomic E-state index is 13.0. The lowest BCUT2D eigenvalue weighted by atomic mass is 9.87. The van der Waals surface area contributed by atoms with Crippen LogP contribution in [0, 0.1) is 5.92 Å². The molecule has 0 radical (unpaired) electrons. The Morgan fingerprint density at radius 2 is 1.77 bits per heavy atom.